The summed E-state index contributed by atoms with van der Waals surface area (Å²) in [5.41, 5.74) is 2.69. The van der Waals surface area contributed by atoms with Crippen molar-refractivity contribution in [2.75, 3.05) is 5.32 Å². The molecule has 0 unspecified atom stereocenters. The minimum atomic E-state index is -0.188. The van der Waals surface area contributed by atoms with Crippen LogP contribution in [0.3, 0.4) is 0 Å². The fourth-order valence-electron chi connectivity index (χ4n) is 2.10. The van der Waals surface area contributed by atoms with Crippen molar-refractivity contribution in [3.8, 4) is 11.1 Å². The number of rotatable bonds is 3. The highest BCUT2D eigenvalue weighted by Crippen LogP contribution is 2.20. The Kier molecular flexibility index (Phi) is 4.30. The molecule has 1 aromatic heterocycles. The molecule has 0 radical (unpaired) electrons. The van der Waals surface area contributed by atoms with E-state index < -0.39 is 0 Å². The van der Waals surface area contributed by atoms with Crippen LogP contribution in [0.25, 0.3) is 11.1 Å². The van der Waals surface area contributed by atoms with Crippen LogP contribution in [0, 0.1) is 0 Å². The molecule has 3 aromatic rings. The molecule has 1 N–H and O–H groups in total. The van der Waals surface area contributed by atoms with Crippen LogP contribution < -0.4 is 5.32 Å². The topological polar surface area (TPSA) is 42.0 Å². The number of nitrogens with one attached hydrogen (secondary N) is 1. The maximum atomic E-state index is 12.2. The van der Waals surface area contributed by atoms with Gasteiger partial charge in [0.2, 0.25) is 0 Å². The number of halogens is 1. The summed E-state index contributed by atoms with van der Waals surface area (Å²) < 4.78 is 0.758. The van der Waals surface area contributed by atoms with Crippen molar-refractivity contribution >= 4 is 27.7 Å². The summed E-state index contributed by atoms with van der Waals surface area (Å²) in [6.07, 6.45) is 1.75. The Balaban J connectivity index is 1.77. The van der Waals surface area contributed by atoms with Crippen molar-refractivity contribution in [1.29, 1.82) is 0 Å². The van der Waals surface area contributed by atoms with Gasteiger partial charge in [0.1, 0.15) is 5.82 Å². The van der Waals surface area contributed by atoms with Crippen LogP contribution in [0.1, 0.15) is 10.4 Å². The van der Waals surface area contributed by atoms with Crippen LogP contribution in [0.5, 0.6) is 0 Å². The number of aromatic nitrogens is 1. The van der Waals surface area contributed by atoms with E-state index in [0.717, 1.165) is 15.6 Å². The van der Waals surface area contributed by atoms with E-state index in [2.05, 4.69) is 26.2 Å². The molecule has 0 saturated carbocycles. The molecule has 0 atom stereocenters. The number of pyridine rings is 1. The fourth-order valence-corrected chi connectivity index (χ4v) is 2.56. The Morgan fingerprint density at radius 1 is 0.864 bits per heavy atom. The van der Waals surface area contributed by atoms with Crippen molar-refractivity contribution in [2.45, 2.75) is 0 Å². The average molecular weight is 353 g/mol. The standard InChI is InChI=1S/C18H13BrN2O/c19-16-9-5-4-8-15(16)18(22)21-17-11-10-14(12-20-17)13-6-2-1-3-7-13/h1-12H,(H,20,21,22). The SMILES string of the molecule is O=C(Nc1ccc(-c2ccccc2)cn1)c1ccccc1Br. The smallest absolute Gasteiger partial charge is 0.257 e. The van der Waals surface area contributed by atoms with Crippen molar-refractivity contribution in [3.63, 3.8) is 0 Å². The lowest BCUT2D eigenvalue weighted by Crippen LogP contribution is -2.13. The molecule has 0 aliphatic heterocycles. The lowest BCUT2D eigenvalue weighted by atomic mass is 10.1. The molecule has 0 fully saturated rings. The van der Waals surface area contributed by atoms with E-state index in [1.165, 1.54) is 0 Å². The quantitative estimate of drug-likeness (QED) is 0.737. The Morgan fingerprint density at radius 3 is 2.27 bits per heavy atom. The Bertz CT molecular complexity index is 786. The van der Waals surface area contributed by atoms with E-state index in [1.54, 1.807) is 18.3 Å². The fraction of sp³-hybridized carbons (Fsp3) is 0. The molecule has 0 aliphatic carbocycles. The molecule has 1 amide bonds. The third-order valence-electron chi connectivity index (χ3n) is 3.23. The molecular weight excluding hydrogens is 340 g/mol. The molecule has 0 saturated heterocycles. The van der Waals surface area contributed by atoms with Gasteiger partial charge in [0.25, 0.3) is 5.91 Å². The Morgan fingerprint density at radius 2 is 1.59 bits per heavy atom. The molecular formula is C18H13BrN2O. The lowest BCUT2D eigenvalue weighted by Gasteiger charge is -2.07. The number of hydrogen-bond acceptors (Lipinski definition) is 2. The van der Waals surface area contributed by atoms with Crippen LogP contribution in [0.2, 0.25) is 0 Å². The number of carbonyl (C=O) groups is 1. The Labute approximate surface area is 137 Å². The van der Waals surface area contributed by atoms with Crippen molar-refractivity contribution < 1.29 is 4.79 Å². The van der Waals surface area contributed by atoms with Crippen LogP contribution in [0.15, 0.2) is 77.4 Å². The molecule has 3 nitrogen and oxygen atoms in total. The molecule has 0 aliphatic rings. The van der Waals surface area contributed by atoms with Crippen molar-refractivity contribution in [3.05, 3.63) is 83.0 Å². The second-order valence-electron chi connectivity index (χ2n) is 4.73. The normalized spacial score (nSPS) is 10.2. The van der Waals surface area contributed by atoms with Gasteiger partial charge in [-0.05, 0) is 45.8 Å². The number of benzene rings is 2. The highest BCUT2D eigenvalue weighted by molar-refractivity contribution is 9.10. The van der Waals surface area contributed by atoms with Gasteiger partial charge in [-0.25, -0.2) is 4.98 Å². The third kappa shape index (κ3) is 3.23. The van der Waals surface area contributed by atoms with Gasteiger partial charge in [0.15, 0.2) is 0 Å². The molecule has 108 valence electrons. The highest BCUT2D eigenvalue weighted by Gasteiger charge is 2.10. The summed E-state index contributed by atoms with van der Waals surface area (Å²) >= 11 is 3.37. The van der Waals surface area contributed by atoms with Gasteiger partial charge >= 0.3 is 0 Å². The molecule has 0 bridgehead atoms. The van der Waals surface area contributed by atoms with Crippen LogP contribution in [-0.2, 0) is 0 Å². The van der Waals surface area contributed by atoms with Crippen LogP contribution in [-0.4, -0.2) is 10.9 Å². The average Bonchev–Trinajstić information content (AvgIpc) is 2.57. The zero-order valence-corrected chi connectivity index (χ0v) is 13.2. The molecule has 2 aromatic carbocycles. The van der Waals surface area contributed by atoms with Crippen LogP contribution in [0.4, 0.5) is 5.82 Å². The summed E-state index contributed by atoms with van der Waals surface area (Å²) in [6.45, 7) is 0. The second kappa shape index (κ2) is 6.54. The van der Waals surface area contributed by atoms with Crippen molar-refractivity contribution in [2.24, 2.45) is 0 Å². The third-order valence-corrected chi connectivity index (χ3v) is 3.92. The van der Waals surface area contributed by atoms with Gasteiger partial charge in [-0.3, -0.25) is 4.79 Å². The van der Waals surface area contributed by atoms with Gasteiger partial charge in [-0.2, -0.15) is 0 Å². The number of anilines is 1. The molecule has 0 spiro atoms. The lowest BCUT2D eigenvalue weighted by molar-refractivity contribution is 0.102. The highest BCUT2D eigenvalue weighted by atomic mass is 79.9. The van der Waals surface area contributed by atoms with Gasteiger partial charge in [0.05, 0.1) is 5.56 Å². The van der Waals surface area contributed by atoms with Gasteiger partial charge in [-0.15, -0.1) is 0 Å². The van der Waals surface area contributed by atoms with E-state index in [1.807, 2.05) is 54.6 Å². The molecule has 3 rings (SSSR count). The minimum absolute atomic E-state index is 0.188. The van der Waals surface area contributed by atoms with Crippen molar-refractivity contribution in [1.82, 2.24) is 4.98 Å². The zero-order valence-electron chi connectivity index (χ0n) is 11.7. The van der Waals surface area contributed by atoms with E-state index >= 15 is 0 Å². The molecule has 1 heterocycles. The molecule has 4 heteroatoms. The van der Waals surface area contributed by atoms with Gasteiger partial charge in [0, 0.05) is 16.2 Å². The predicted molar refractivity (Wildman–Crippen MR) is 91.8 cm³/mol. The number of carbonyl (C=O) groups excluding carboxylic acids is 1. The first kappa shape index (κ1) is 14.5. The first-order valence-corrected chi connectivity index (χ1v) is 7.61. The van der Waals surface area contributed by atoms with E-state index in [0.29, 0.717) is 11.4 Å². The summed E-state index contributed by atoms with van der Waals surface area (Å²) in [7, 11) is 0. The monoisotopic (exact) mass is 352 g/mol. The first-order chi connectivity index (χ1) is 10.7. The predicted octanol–water partition coefficient (Wildman–Crippen LogP) is 4.76. The Hall–Kier alpha value is -2.46. The molecule has 22 heavy (non-hydrogen) atoms. The van der Waals surface area contributed by atoms with E-state index in [4.69, 9.17) is 0 Å². The van der Waals surface area contributed by atoms with Gasteiger partial charge < -0.3 is 5.32 Å². The maximum Gasteiger partial charge on any atom is 0.257 e. The van der Waals surface area contributed by atoms with E-state index in [9.17, 15) is 4.79 Å². The maximum absolute atomic E-state index is 12.2. The summed E-state index contributed by atoms with van der Waals surface area (Å²) in [6, 6.07) is 21.0. The zero-order chi connectivity index (χ0) is 15.4. The summed E-state index contributed by atoms with van der Waals surface area (Å²) in [5.74, 6) is 0.341. The largest absolute Gasteiger partial charge is 0.307 e. The number of amides is 1. The van der Waals surface area contributed by atoms with Crippen LogP contribution >= 0.6 is 15.9 Å². The number of hydrogen-bond donors (Lipinski definition) is 1. The van der Waals surface area contributed by atoms with E-state index in [-0.39, 0.29) is 5.91 Å². The minimum Gasteiger partial charge on any atom is -0.307 e. The summed E-state index contributed by atoms with van der Waals surface area (Å²) in [5, 5.41) is 2.80. The second-order valence-corrected chi connectivity index (χ2v) is 5.59. The number of nitrogens with zero attached hydrogens (tertiary/aromatic N) is 1. The summed E-state index contributed by atoms with van der Waals surface area (Å²) in [4.78, 5) is 16.5. The van der Waals surface area contributed by atoms with Gasteiger partial charge in [-0.1, -0.05) is 42.5 Å². The first-order valence-electron chi connectivity index (χ1n) is 6.81.